The van der Waals surface area contributed by atoms with Crippen molar-refractivity contribution in [3.05, 3.63) is 35.4 Å². The number of hydrogen-bond acceptors (Lipinski definition) is 1. The summed E-state index contributed by atoms with van der Waals surface area (Å²) in [6.45, 7) is 2.37. The third-order valence-electron chi connectivity index (χ3n) is 4.76. The Labute approximate surface area is 105 Å². The van der Waals surface area contributed by atoms with Gasteiger partial charge in [-0.15, -0.1) is 0 Å². The van der Waals surface area contributed by atoms with E-state index in [0.29, 0.717) is 6.04 Å². The van der Waals surface area contributed by atoms with E-state index in [9.17, 15) is 0 Å². The molecule has 0 aromatic heterocycles. The van der Waals surface area contributed by atoms with Crippen molar-refractivity contribution in [1.29, 1.82) is 0 Å². The lowest BCUT2D eigenvalue weighted by Crippen LogP contribution is -2.19. The van der Waals surface area contributed by atoms with Crippen LogP contribution >= 0.6 is 0 Å². The van der Waals surface area contributed by atoms with E-state index in [0.717, 1.165) is 17.8 Å². The van der Waals surface area contributed by atoms with Gasteiger partial charge in [0.1, 0.15) is 0 Å². The van der Waals surface area contributed by atoms with Gasteiger partial charge in [0.2, 0.25) is 0 Å². The van der Waals surface area contributed by atoms with Crippen LogP contribution in [0.25, 0.3) is 0 Å². The van der Waals surface area contributed by atoms with Crippen LogP contribution in [0.1, 0.15) is 55.7 Å². The summed E-state index contributed by atoms with van der Waals surface area (Å²) < 4.78 is 0. The van der Waals surface area contributed by atoms with Crippen LogP contribution in [0.3, 0.4) is 0 Å². The lowest BCUT2D eigenvalue weighted by Gasteiger charge is -2.27. The maximum Gasteiger partial charge on any atom is 0.0348 e. The predicted molar refractivity (Wildman–Crippen MR) is 72.1 cm³/mol. The van der Waals surface area contributed by atoms with E-state index in [1.165, 1.54) is 31.2 Å². The Balaban J connectivity index is 1.80. The molecule has 2 aliphatic carbocycles. The van der Waals surface area contributed by atoms with Crippen LogP contribution in [-0.4, -0.2) is 7.05 Å². The molecule has 3 rings (SSSR count). The van der Waals surface area contributed by atoms with Gasteiger partial charge in [-0.3, -0.25) is 0 Å². The van der Waals surface area contributed by atoms with Crippen molar-refractivity contribution in [1.82, 2.24) is 5.32 Å². The highest BCUT2D eigenvalue weighted by Crippen LogP contribution is 2.47. The first-order valence-electron chi connectivity index (χ1n) is 7.06. The first-order chi connectivity index (χ1) is 8.29. The molecule has 0 spiro atoms. The van der Waals surface area contributed by atoms with Crippen molar-refractivity contribution < 1.29 is 0 Å². The molecule has 1 aromatic rings. The standard InChI is InChI=1S/C16H23N/c1-11-9-15(11)16(17-2)14-8-4-7-13(10-14)12-5-3-6-12/h4,7-8,10-12,15-17H,3,5-6,9H2,1-2H3. The molecule has 0 amide bonds. The fraction of sp³-hybridized carbons (Fsp3) is 0.625. The second-order valence-electron chi connectivity index (χ2n) is 5.94. The Morgan fingerprint density at radius 3 is 2.59 bits per heavy atom. The Hall–Kier alpha value is -0.820. The van der Waals surface area contributed by atoms with Gasteiger partial charge in [-0.2, -0.15) is 0 Å². The Kier molecular flexibility index (Phi) is 2.96. The van der Waals surface area contributed by atoms with Crippen molar-refractivity contribution in [2.45, 2.75) is 44.6 Å². The second kappa shape index (κ2) is 4.45. The third kappa shape index (κ3) is 2.13. The van der Waals surface area contributed by atoms with Crippen LogP contribution < -0.4 is 5.32 Å². The first-order valence-corrected chi connectivity index (χ1v) is 7.06. The minimum Gasteiger partial charge on any atom is -0.313 e. The molecule has 1 heteroatoms. The van der Waals surface area contributed by atoms with E-state index in [4.69, 9.17) is 0 Å². The van der Waals surface area contributed by atoms with Gasteiger partial charge < -0.3 is 5.32 Å². The van der Waals surface area contributed by atoms with Crippen molar-refractivity contribution >= 4 is 0 Å². The van der Waals surface area contributed by atoms with Gasteiger partial charge in [0, 0.05) is 6.04 Å². The van der Waals surface area contributed by atoms with Crippen LogP contribution in [-0.2, 0) is 0 Å². The van der Waals surface area contributed by atoms with Gasteiger partial charge in [0.05, 0.1) is 0 Å². The molecule has 0 bridgehead atoms. The largest absolute Gasteiger partial charge is 0.313 e. The molecule has 1 aromatic carbocycles. The average molecular weight is 229 g/mol. The summed E-state index contributed by atoms with van der Waals surface area (Å²) >= 11 is 0. The normalized spacial score (nSPS) is 29.8. The molecular weight excluding hydrogens is 206 g/mol. The van der Waals surface area contributed by atoms with Crippen LogP contribution in [0.5, 0.6) is 0 Å². The molecule has 17 heavy (non-hydrogen) atoms. The summed E-state index contributed by atoms with van der Waals surface area (Å²) in [5.41, 5.74) is 3.08. The fourth-order valence-corrected chi connectivity index (χ4v) is 3.19. The maximum absolute atomic E-state index is 3.51. The quantitative estimate of drug-likeness (QED) is 0.826. The van der Waals surface area contributed by atoms with E-state index in [1.54, 1.807) is 5.56 Å². The first kappa shape index (κ1) is 11.3. The maximum atomic E-state index is 3.51. The van der Waals surface area contributed by atoms with E-state index in [-0.39, 0.29) is 0 Å². The van der Waals surface area contributed by atoms with E-state index >= 15 is 0 Å². The monoisotopic (exact) mass is 229 g/mol. The number of hydrogen-bond donors (Lipinski definition) is 1. The zero-order valence-corrected chi connectivity index (χ0v) is 10.9. The molecular formula is C16H23N. The highest BCUT2D eigenvalue weighted by atomic mass is 14.9. The zero-order valence-electron chi connectivity index (χ0n) is 10.9. The minimum atomic E-state index is 0.574. The topological polar surface area (TPSA) is 12.0 Å². The molecule has 1 nitrogen and oxygen atoms in total. The second-order valence-corrected chi connectivity index (χ2v) is 5.94. The van der Waals surface area contributed by atoms with Crippen molar-refractivity contribution in [2.24, 2.45) is 11.8 Å². The SMILES string of the molecule is CNC(c1cccc(C2CCC2)c1)C1CC1C. The molecule has 2 saturated carbocycles. The van der Waals surface area contributed by atoms with Crippen molar-refractivity contribution in [3.8, 4) is 0 Å². The zero-order chi connectivity index (χ0) is 11.8. The minimum absolute atomic E-state index is 0.574. The molecule has 0 aliphatic heterocycles. The lowest BCUT2D eigenvalue weighted by molar-refractivity contribution is 0.418. The summed E-state index contributed by atoms with van der Waals surface area (Å²) in [7, 11) is 2.10. The van der Waals surface area contributed by atoms with Gasteiger partial charge in [-0.25, -0.2) is 0 Å². The summed E-state index contributed by atoms with van der Waals surface area (Å²) in [5.74, 6) is 2.61. The molecule has 92 valence electrons. The summed E-state index contributed by atoms with van der Waals surface area (Å²) in [5, 5.41) is 3.51. The molecule has 0 radical (unpaired) electrons. The predicted octanol–water partition coefficient (Wildman–Crippen LogP) is 3.87. The van der Waals surface area contributed by atoms with E-state index in [2.05, 4.69) is 43.6 Å². The summed E-state index contributed by atoms with van der Waals surface area (Å²) in [6, 6.07) is 9.89. The van der Waals surface area contributed by atoms with Gasteiger partial charge in [-0.1, -0.05) is 37.6 Å². The average Bonchev–Trinajstić information content (AvgIpc) is 2.95. The highest BCUT2D eigenvalue weighted by molar-refractivity contribution is 5.30. The molecule has 2 aliphatic rings. The van der Waals surface area contributed by atoms with E-state index in [1.807, 2.05) is 0 Å². The highest BCUT2D eigenvalue weighted by Gasteiger charge is 2.39. The Morgan fingerprint density at radius 2 is 2.06 bits per heavy atom. The van der Waals surface area contributed by atoms with Gasteiger partial charge in [-0.05, 0) is 55.2 Å². The Morgan fingerprint density at radius 1 is 1.29 bits per heavy atom. The summed E-state index contributed by atoms with van der Waals surface area (Å²) in [4.78, 5) is 0. The molecule has 0 heterocycles. The van der Waals surface area contributed by atoms with Crippen molar-refractivity contribution in [3.63, 3.8) is 0 Å². The van der Waals surface area contributed by atoms with Crippen LogP contribution in [0, 0.1) is 11.8 Å². The molecule has 0 saturated heterocycles. The number of nitrogens with one attached hydrogen (secondary N) is 1. The molecule has 3 unspecified atom stereocenters. The van der Waals surface area contributed by atoms with Crippen LogP contribution in [0.4, 0.5) is 0 Å². The van der Waals surface area contributed by atoms with Gasteiger partial charge >= 0.3 is 0 Å². The van der Waals surface area contributed by atoms with Crippen LogP contribution in [0.2, 0.25) is 0 Å². The third-order valence-corrected chi connectivity index (χ3v) is 4.76. The Bertz CT molecular complexity index is 394. The van der Waals surface area contributed by atoms with Gasteiger partial charge in [0.25, 0.3) is 0 Å². The smallest absolute Gasteiger partial charge is 0.0348 e. The summed E-state index contributed by atoms with van der Waals surface area (Å²) in [6.07, 6.45) is 5.60. The lowest BCUT2D eigenvalue weighted by atomic mass is 9.79. The molecule has 3 atom stereocenters. The molecule has 2 fully saturated rings. The number of rotatable bonds is 4. The van der Waals surface area contributed by atoms with Gasteiger partial charge in [0.15, 0.2) is 0 Å². The molecule has 1 N–H and O–H groups in total. The fourth-order valence-electron chi connectivity index (χ4n) is 3.19. The van der Waals surface area contributed by atoms with E-state index < -0.39 is 0 Å². The van der Waals surface area contributed by atoms with Crippen molar-refractivity contribution in [2.75, 3.05) is 7.05 Å². The van der Waals surface area contributed by atoms with Crippen LogP contribution in [0.15, 0.2) is 24.3 Å². The number of benzene rings is 1.